The first-order valence-corrected chi connectivity index (χ1v) is 5.76. The molecule has 0 aliphatic heterocycles. The number of nitrogens with zero attached hydrogens (tertiary/aromatic N) is 2. The van der Waals surface area contributed by atoms with Crippen LogP contribution in [0.1, 0.15) is 13.8 Å². The number of hydrazine groups is 1. The van der Waals surface area contributed by atoms with Gasteiger partial charge in [-0.2, -0.15) is 0 Å². The quantitative estimate of drug-likeness (QED) is 0.579. The summed E-state index contributed by atoms with van der Waals surface area (Å²) in [5.74, 6) is 6.14. The summed E-state index contributed by atoms with van der Waals surface area (Å²) in [7, 11) is 1.78. The second kappa shape index (κ2) is 5.27. The van der Waals surface area contributed by atoms with Gasteiger partial charge in [-0.1, -0.05) is 23.2 Å². The predicted octanol–water partition coefficient (Wildman–Crippen LogP) is 1.88. The van der Waals surface area contributed by atoms with Crippen LogP contribution < -0.4 is 16.2 Å². The molecule has 0 unspecified atom stereocenters. The Morgan fingerprint density at radius 2 is 2.06 bits per heavy atom. The van der Waals surface area contributed by atoms with Gasteiger partial charge in [-0.05, 0) is 19.9 Å². The van der Waals surface area contributed by atoms with Crippen LogP contribution in [0.15, 0.2) is 6.07 Å². The number of nitrogen functional groups attached to an aromatic ring is 1. The van der Waals surface area contributed by atoms with Crippen molar-refractivity contribution in [3.63, 3.8) is 0 Å². The molecule has 1 aromatic heterocycles. The zero-order valence-electron chi connectivity index (χ0n) is 9.96. The van der Waals surface area contributed by atoms with Crippen molar-refractivity contribution < 1.29 is 5.11 Å². The molecule has 1 rings (SSSR count). The molecule has 0 saturated heterocycles. The normalized spacial score (nSPS) is 11.5. The number of halogens is 2. The van der Waals surface area contributed by atoms with Gasteiger partial charge in [0.25, 0.3) is 0 Å². The maximum Gasteiger partial charge on any atom is 0.161 e. The smallest absolute Gasteiger partial charge is 0.161 e. The number of nitrogens with two attached hydrogens (primary N) is 1. The summed E-state index contributed by atoms with van der Waals surface area (Å²) in [6.07, 6.45) is 0. The van der Waals surface area contributed by atoms with E-state index < -0.39 is 5.60 Å². The Morgan fingerprint density at radius 3 is 2.53 bits per heavy atom. The molecule has 7 heteroatoms. The fraction of sp³-hybridized carbons (Fsp3) is 0.500. The van der Waals surface area contributed by atoms with Crippen LogP contribution in [0.3, 0.4) is 0 Å². The Hall–Kier alpha value is -0.750. The van der Waals surface area contributed by atoms with E-state index in [-0.39, 0.29) is 0 Å². The molecule has 0 bridgehead atoms. The fourth-order valence-electron chi connectivity index (χ4n) is 1.48. The number of nitrogens with one attached hydrogen (secondary N) is 1. The molecule has 0 saturated carbocycles. The highest BCUT2D eigenvalue weighted by Gasteiger charge is 2.19. The van der Waals surface area contributed by atoms with Gasteiger partial charge >= 0.3 is 0 Å². The molecule has 1 heterocycles. The molecule has 0 aliphatic carbocycles. The van der Waals surface area contributed by atoms with Crippen LogP contribution in [-0.4, -0.2) is 29.3 Å². The molecule has 0 radical (unpaired) electrons. The fourth-order valence-corrected chi connectivity index (χ4v) is 2.04. The van der Waals surface area contributed by atoms with Crippen LogP contribution in [-0.2, 0) is 0 Å². The molecule has 17 heavy (non-hydrogen) atoms. The first-order chi connectivity index (χ1) is 7.74. The number of pyridine rings is 1. The van der Waals surface area contributed by atoms with Crippen molar-refractivity contribution in [2.24, 2.45) is 5.84 Å². The lowest BCUT2D eigenvalue weighted by Crippen LogP contribution is -2.36. The molecule has 96 valence electrons. The Morgan fingerprint density at radius 1 is 1.47 bits per heavy atom. The van der Waals surface area contributed by atoms with E-state index in [4.69, 9.17) is 29.0 Å². The summed E-state index contributed by atoms with van der Waals surface area (Å²) in [5, 5.41) is 10.5. The van der Waals surface area contributed by atoms with Gasteiger partial charge in [-0.15, -0.1) is 0 Å². The number of aliphatic hydroxyl groups is 1. The lowest BCUT2D eigenvalue weighted by atomic mass is 10.1. The van der Waals surface area contributed by atoms with E-state index >= 15 is 0 Å². The molecule has 0 atom stereocenters. The molecular formula is C10H16Cl2N4O. The average molecular weight is 279 g/mol. The van der Waals surface area contributed by atoms with E-state index in [1.165, 1.54) is 0 Å². The van der Waals surface area contributed by atoms with Crippen LogP contribution in [0.2, 0.25) is 10.0 Å². The number of aromatic nitrogens is 1. The van der Waals surface area contributed by atoms with Gasteiger partial charge in [-0.25, -0.2) is 10.8 Å². The molecule has 0 spiro atoms. The maximum absolute atomic E-state index is 9.74. The van der Waals surface area contributed by atoms with Crippen molar-refractivity contribution in [2.75, 3.05) is 23.9 Å². The first kappa shape index (κ1) is 14.3. The maximum atomic E-state index is 9.74. The summed E-state index contributed by atoms with van der Waals surface area (Å²) in [5.41, 5.74) is 1.54. The van der Waals surface area contributed by atoms with Crippen molar-refractivity contribution in [1.29, 1.82) is 0 Å². The van der Waals surface area contributed by atoms with E-state index in [0.29, 0.717) is 28.2 Å². The van der Waals surface area contributed by atoms with Gasteiger partial charge in [0, 0.05) is 13.6 Å². The summed E-state index contributed by atoms with van der Waals surface area (Å²) >= 11 is 11.9. The minimum Gasteiger partial charge on any atom is -0.389 e. The molecule has 4 N–H and O–H groups in total. The standard InChI is InChI=1S/C10H16Cl2N4O/c1-10(2,17)5-16(3)9-7(12)4-6(11)8(14-9)15-13/h4,17H,5,13H2,1-3H3,(H,14,15). The van der Waals surface area contributed by atoms with Crippen molar-refractivity contribution in [2.45, 2.75) is 19.4 Å². The summed E-state index contributed by atoms with van der Waals surface area (Å²) in [4.78, 5) is 5.92. The van der Waals surface area contributed by atoms with E-state index in [9.17, 15) is 5.11 Å². The van der Waals surface area contributed by atoms with Gasteiger partial charge in [0.1, 0.15) is 5.82 Å². The lowest BCUT2D eigenvalue weighted by molar-refractivity contribution is 0.0885. The number of likely N-dealkylation sites (N-methyl/N-ethyl adjacent to an activating group) is 1. The number of rotatable bonds is 4. The van der Waals surface area contributed by atoms with E-state index in [2.05, 4.69) is 10.4 Å². The third kappa shape index (κ3) is 3.89. The predicted molar refractivity (Wildman–Crippen MR) is 71.6 cm³/mol. The van der Waals surface area contributed by atoms with E-state index in [0.717, 1.165) is 0 Å². The zero-order chi connectivity index (χ0) is 13.2. The van der Waals surface area contributed by atoms with Crippen LogP contribution in [0.5, 0.6) is 0 Å². The molecule has 0 aromatic carbocycles. The Balaban J connectivity index is 3.05. The highest BCUT2D eigenvalue weighted by atomic mass is 35.5. The number of anilines is 2. The third-order valence-electron chi connectivity index (χ3n) is 2.03. The van der Waals surface area contributed by atoms with Gasteiger partial charge in [0.2, 0.25) is 0 Å². The second-order valence-corrected chi connectivity index (χ2v) is 5.25. The van der Waals surface area contributed by atoms with E-state index in [1.807, 2.05) is 0 Å². The number of hydrogen-bond donors (Lipinski definition) is 3. The molecule has 0 aliphatic rings. The molecular weight excluding hydrogens is 263 g/mol. The monoisotopic (exact) mass is 278 g/mol. The van der Waals surface area contributed by atoms with Crippen molar-refractivity contribution in [3.05, 3.63) is 16.1 Å². The van der Waals surface area contributed by atoms with Crippen LogP contribution in [0, 0.1) is 0 Å². The third-order valence-corrected chi connectivity index (χ3v) is 2.60. The van der Waals surface area contributed by atoms with Crippen molar-refractivity contribution >= 4 is 34.8 Å². The van der Waals surface area contributed by atoms with Gasteiger partial charge in [0.15, 0.2) is 5.82 Å². The first-order valence-electron chi connectivity index (χ1n) is 5.01. The number of hydrogen-bond acceptors (Lipinski definition) is 5. The highest BCUT2D eigenvalue weighted by molar-refractivity contribution is 6.37. The van der Waals surface area contributed by atoms with Crippen LogP contribution in [0.25, 0.3) is 0 Å². The Bertz CT molecular complexity index is 406. The van der Waals surface area contributed by atoms with Crippen molar-refractivity contribution in [3.8, 4) is 0 Å². The molecule has 5 nitrogen and oxygen atoms in total. The average Bonchev–Trinajstić information content (AvgIpc) is 2.14. The summed E-state index contributed by atoms with van der Waals surface area (Å²) < 4.78 is 0. The SMILES string of the molecule is CN(CC(C)(C)O)c1nc(NN)c(Cl)cc1Cl. The Kier molecular flexibility index (Phi) is 4.43. The van der Waals surface area contributed by atoms with Gasteiger partial charge in [-0.3, -0.25) is 0 Å². The van der Waals surface area contributed by atoms with Crippen LogP contribution >= 0.6 is 23.2 Å². The minimum atomic E-state index is -0.851. The molecule has 1 aromatic rings. The second-order valence-electron chi connectivity index (χ2n) is 4.44. The van der Waals surface area contributed by atoms with Gasteiger partial charge < -0.3 is 15.4 Å². The summed E-state index contributed by atoms with van der Waals surface area (Å²) in [6.45, 7) is 3.79. The van der Waals surface area contributed by atoms with Crippen LogP contribution in [0.4, 0.5) is 11.6 Å². The minimum absolute atomic E-state index is 0.341. The largest absolute Gasteiger partial charge is 0.389 e. The highest BCUT2D eigenvalue weighted by Crippen LogP contribution is 2.30. The summed E-state index contributed by atoms with van der Waals surface area (Å²) in [6, 6.07) is 1.56. The van der Waals surface area contributed by atoms with E-state index in [1.54, 1.807) is 31.9 Å². The lowest BCUT2D eigenvalue weighted by Gasteiger charge is -2.27. The molecule has 0 amide bonds. The van der Waals surface area contributed by atoms with Crippen molar-refractivity contribution in [1.82, 2.24) is 4.98 Å². The zero-order valence-corrected chi connectivity index (χ0v) is 11.5. The molecule has 0 fully saturated rings. The topological polar surface area (TPSA) is 74.4 Å². The Labute approximate surface area is 110 Å². The van der Waals surface area contributed by atoms with Gasteiger partial charge in [0.05, 0.1) is 15.6 Å².